The highest BCUT2D eigenvalue weighted by Gasteiger charge is 2.33. The topological polar surface area (TPSA) is 44.8 Å². The predicted molar refractivity (Wildman–Crippen MR) is 93.7 cm³/mol. The Morgan fingerprint density at radius 2 is 1.87 bits per heavy atom. The summed E-state index contributed by atoms with van der Waals surface area (Å²) in [6, 6.07) is 1.38. The van der Waals surface area contributed by atoms with E-state index in [1.807, 2.05) is 25.7 Å². The Morgan fingerprint density at radius 3 is 2.48 bits per heavy atom. The third kappa shape index (κ3) is 5.96. The molecule has 0 aromatic rings. The lowest BCUT2D eigenvalue weighted by Crippen LogP contribution is -2.47. The Labute approximate surface area is 141 Å². The number of rotatable bonds is 4. The van der Waals surface area contributed by atoms with Crippen LogP contribution in [-0.2, 0) is 4.74 Å². The van der Waals surface area contributed by atoms with Gasteiger partial charge in [0.15, 0.2) is 0 Å². The summed E-state index contributed by atoms with van der Waals surface area (Å²) in [6.07, 6.45) is 5.50. The second kappa shape index (κ2) is 7.84. The molecular formula is C18H35N3O2. The van der Waals surface area contributed by atoms with Crippen molar-refractivity contribution in [2.24, 2.45) is 0 Å². The first-order chi connectivity index (χ1) is 10.7. The van der Waals surface area contributed by atoms with Crippen molar-refractivity contribution in [3.8, 4) is 0 Å². The Bertz CT molecular complexity index is 386. The largest absolute Gasteiger partial charge is 0.444 e. The molecule has 2 aliphatic heterocycles. The highest BCUT2D eigenvalue weighted by Crippen LogP contribution is 2.24. The second-order valence-electron chi connectivity index (χ2n) is 8.35. The van der Waals surface area contributed by atoms with Crippen molar-refractivity contribution in [2.45, 2.75) is 83.5 Å². The summed E-state index contributed by atoms with van der Waals surface area (Å²) in [4.78, 5) is 16.7. The zero-order chi connectivity index (χ0) is 17.0. The van der Waals surface area contributed by atoms with Crippen molar-refractivity contribution >= 4 is 6.09 Å². The first kappa shape index (κ1) is 18.5. The molecule has 0 bridgehead atoms. The van der Waals surface area contributed by atoms with Gasteiger partial charge < -0.3 is 19.9 Å². The predicted octanol–water partition coefficient (Wildman–Crippen LogP) is 2.85. The van der Waals surface area contributed by atoms with E-state index in [-0.39, 0.29) is 6.09 Å². The minimum atomic E-state index is -0.414. The van der Waals surface area contributed by atoms with Crippen LogP contribution >= 0.6 is 0 Å². The number of carbonyl (C=O) groups excluding carboxylic acids is 1. The summed E-state index contributed by atoms with van der Waals surface area (Å²) in [5.74, 6) is 0. The van der Waals surface area contributed by atoms with Crippen molar-refractivity contribution in [1.82, 2.24) is 15.1 Å². The zero-order valence-electron chi connectivity index (χ0n) is 15.6. The van der Waals surface area contributed by atoms with E-state index in [9.17, 15) is 4.79 Å². The quantitative estimate of drug-likeness (QED) is 0.863. The summed E-state index contributed by atoms with van der Waals surface area (Å²) >= 11 is 0. The van der Waals surface area contributed by atoms with Gasteiger partial charge in [-0.1, -0.05) is 0 Å². The molecule has 0 spiro atoms. The SMILES string of the molecule is CC(CC1CCCN1C(=O)OC(C)(C)C)NC1CCN(C)CC1. The first-order valence-electron chi connectivity index (χ1n) is 9.19. The number of ether oxygens (including phenoxy) is 1. The van der Waals surface area contributed by atoms with Crippen LogP contribution in [0.4, 0.5) is 4.79 Å². The number of hydrogen-bond acceptors (Lipinski definition) is 4. The summed E-state index contributed by atoms with van der Waals surface area (Å²) in [6.45, 7) is 11.2. The van der Waals surface area contributed by atoms with Gasteiger partial charge in [-0.2, -0.15) is 0 Å². The molecule has 1 amide bonds. The van der Waals surface area contributed by atoms with Gasteiger partial charge >= 0.3 is 6.09 Å². The molecule has 2 saturated heterocycles. The van der Waals surface area contributed by atoms with E-state index in [2.05, 4.69) is 24.2 Å². The molecule has 2 heterocycles. The van der Waals surface area contributed by atoms with Crippen LogP contribution < -0.4 is 5.32 Å². The van der Waals surface area contributed by atoms with E-state index in [1.54, 1.807) is 0 Å². The van der Waals surface area contributed by atoms with Crippen molar-refractivity contribution in [3.05, 3.63) is 0 Å². The lowest BCUT2D eigenvalue weighted by Gasteiger charge is -2.34. The number of piperidine rings is 1. The molecule has 0 radical (unpaired) electrons. The van der Waals surface area contributed by atoms with Crippen LogP contribution in [0.15, 0.2) is 0 Å². The fraction of sp³-hybridized carbons (Fsp3) is 0.944. The summed E-state index contributed by atoms with van der Waals surface area (Å²) in [5.41, 5.74) is -0.414. The number of nitrogens with one attached hydrogen (secondary N) is 1. The van der Waals surface area contributed by atoms with E-state index in [1.165, 1.54) is 25.9 Å². The zero-order valence-corrected chi connectivity index (χ0v) is 15.6. The lowest BCUT2D eigenvalue weighted by molar-refractivity contribution is 0.0213. The summed E-state index contributed by atoms with van der Waals surface area (Å²) in [5, 5.41) is 3.77. The van der Waals surface area contributed by atoms with Crippen molar-refractivity contribution in [1.29, 1.82) is 0 Å². The van der Waals surface area contributed by atoms with Crippen LogP contribution in [0.3, 0.4) is 0 Å². The molecule has 1 N–H and O–H groups in total. The molecule has 0 saturated carbocycles. The maximum Gasteiger partial charge on any atom is 0.410 e. The molecule has 0 aliphatic carbocycles. The Hall–Kier alpha value is -0.810. The third-order valence-corrected chi connectivity index (χ3v) is 4.87. The smallest absolute Gasteiger partial charge is 0.410 e. The molecule has 2 aliphatic rings. The fourth-order valence-electron chi connectivity index (χ4n) is 3.70. The van der Waals surface area contributed by atoms with Gasteiger partial charge in [0.05, 0.1) is 0 Å². The number of likely N-dealkylation sites (tertiary alicyclic amines) is 2. The average molecular weight is 325 g/mol. The number of nitrogens with zero attached hydrogens (tertiary/aromatic N) is 2. The molecule has 23 heavy (non-hydrogen) atoms. The highest BCUT2D eigenvalue weighted by molar-refractivity contribution is 5.68. The fourth-order valence-corrected chi connectivity index (χ4v) is 3.70. The maximum absolute atomic E-state index is 12.4. The van der Waals surface area contributed by atoms with Gasteiger partial charge in [-0.25, -0.2) is 4.79 Å². The van der Waals surface area contributed by atoms with Crippen LogP contribution in [0.25, 0.3) is 0 Å². The standard InChI is InChI=1S/C18H35N3O2/c1-14(19-15-8-11-20(5)12-9-15)13-16-7-6-10-21(16)17(22)23-18(2,3)4/h14-16,19H,6-13H2,1-5H3. The van der Waals surface area contributed by atoms with Gasteiger partial charge in [0.25, 0.3) is 0 Å². The molecule has 2 atom stereocenters. The number of amides is 1. The van der Waals surface area contributed by atoms with Crippen molar-refractivity contribution in [3.63, 3.8) is 0 Å². The van der Waals surface area contributed by atoms with Crippen LogP contribution in [0.2, 0.25) is 0 Å². The average Bonchev–Trinajstić information content (AvgIpc) is 2.87. The first-order valence-corrected chi connectivity index (χ1v) is 9.19. The summed E-state index contributed by atoms with van der Waals surface area (Å²) in [7, 11) is 2.19. The van der Waals surface area contributed by atoms with E-state index in [4.69, 9.17) is 4.74 Å². The summed E-state index contributed by atoms with van der Waals surface area (Å²) < 4.78 is 5.56. The monoisotopic (exact) mass is 325 g/mol. The molecule has 2 rings (SSSR count). The van der Waals surface area contributed by atoms with Crippen LogP contribution in [0.1, 0.15) is 59.8 Å². The third-order valence-electron chi connectivity index (χ3n) is 4.87. The molecule has 0 aromatic carbocycles. The van der Waals surface area contributed by atoms with Gasteiger partial charge in [0.1, 0.15) is 5.60 Å². The van der Waals surface area contributed by atoms with Crippen molar-refractivity contribution in [2.75, 3.05) is 26.7 Å². The molecule has 2 fully saturated rings. The molecular weight excluding hydrogens is 290 g/mol. The minimum absolute atomic E-state index is 0.147. The normalized spacial score (nSPS) is 25.6. The maximum atomic E-state index is 12.4. The Balaban J connectivity index is 1.79. The van der Waals surface area contributed by atoms with Crippen LogP contribution in [-0.4, -0.2) is 66.3 Å². The Morgan fingerprint density at radius 1 is 1.22 bits per heavy atom. The minimum Gasteiger partial charge on any atom is -0.444 e. The van der Waals surface area contributed by atoms with Crippen molar-refractivity contribution < 1.29 is 9.53 Å². The van der Waals surface area contributed by atoms with Gasteiger partial charge in [-0.15, -0.1) is 0 Å². The molecule has 5 heteroatoms. The Kier molecular flexibility index (Phi) is 6.32. The molecule has 134 valence electrons. The van der Waals surface area contributed by atoms with E-state index in [0.717, 1.165) is 25.8 Å². The molecule has 0 aromatic heterocycles. The molecule has 5 nitrogen and oxygen atoms in total. The van der Waals surface area contributed by atoms with Gasteiger partial charge in [-0.05, 0) is 79.9 Å². The van der Waals surface area contributed by atoms with E-state index >= 15 is 0 Å². The second-order valence-corrected chi connectivity index (χ2v) is 8.35. The van der Waals surface area contributed by atoms with E-state index in [0.29, 0.717) is 18.1 Å². The number of carbonyl (C=O) groups is 1. The lowest BCUT2D eigenvalue weighted by atomic mass is 10.0. The molecule has 2 unspecified atom stereocenters. The van der Waals surface area contributed by atoms with Gasteiger partial charge in [0, 0.05) is 24.7 Å². The number of hydrogen-bond donors (Lipinski definition) is 1. The van der Waals surface area contributed by atoms with Crippen LogP contribution in [0.5, 0.6) is 0 Å². The van der Waals surface area contributed by atoms with Crippen LogP contribution in [0, 0.1) is 0 Å². The van der Waals surface area contributed by atoms with E-state index < -0.39 is 5.60 Å². The highest BCUT2D eigenvalue weighted by atomic mass is 16.6. The van der Waals surface area contributed by atoms with Gasteiger partial charge in [-0.3, -0.25) is 0 Å². The van der Waals surface area contributed by atoms with Gasteiger partial charge in [0.2, 0.25) is 0 Å².